The van der Waals surface area contributed by atoms with E-state index in [-0.39, 0.29) is 12.5 Å². The van der Waals surface area contributed by atoms with E-state index in [0.717, 1.165) is 44.4 Å². The van der Waals surface area contributed by atoms with Crippen LogP contribution in [0.2, 0.25) is 0 Å². The molecule has 4 amide bonds. The van der Waals surface area contributed by atoms with Crippen LogP contribution in [-0.2, 0) is 4.79 Å². The fourth-order valence-electron chi connectivity index (χ4n) is 3.36. The van der Waals surface area contributed by atoms with Crippen LogP contribution in [0.5, 0.6) is 0 Å². The Hall–Kier alpha value is -2.52. The van der Waals surface area contributed by atoms with Crippen molar-refractivity contribution < 1.29 is 32.0 Å². The van der Waals surface area contributed by atoms with Gasteiger partial charge in [0.25, 0.3) is 17.5 Å². The molecule has 2 aliphatic rings. The molecule has 0 radical (unpaired) electrons. The molecular formula is C16H18F3N3O4. The molecule has 1 aliphatic carbocycles. The Morgan fingerprint density at radius 3 is 2.58 bits per heavy atom. The van der Waals surface area contributed by atoms with E-state index in [1.54, 1.807) is 10.6 Å². The average Bonchev–Trinajstić information content (AvgIpc) is 3.19. The quantitative estimate of drug-likeness (QED) is 0.793. The lowest BCUT2D eigenvalue weighted by Gasteiger charge is -2.30. The van der Waals surface area contributed by atoms with Crippen molar-refractivity contribution in [1.82, 2.24) is 15.5 Å². The minimum atomic E-state index is -5.22. The van der Waals surface area contributed by atoms with Crippen molar-refractivity contribution in [1.29, 1.82) is 0 Å². The lowest BCUT2D eigenvalue weighted by atomic mass is 9.89. The van der Waals surface area contributed by atoms with E-state index in [0.29, 0.717) is 4.90 Å². The molecule has 2 N–H and O–H groups in total. The van der Waals surface area contributed by atoms with E-state index in [9.17, 15) is 27.6 Å². The third-order valence-electron chi connectivity index (χ3n) is 4.74. The van der Waals surface area contributed by atoms with E-state index in [1.165, 1.54) is 6.07 Å². The molecule has 2 fully saturated rings. The summed E-state index contributed by atoms with van der Waals surface area (Å²) in [5.41, 5.74) is -3.50. The average molecular weight is 373 g/mol. The number of halogens is 3. The van der Waals surface area contributed by atoms with E-state index >= 15 is 0 Å². The monoisotopic (exact) mass is 373 g/mol. The van der Waals surface area contributed by atoms with Crippen molar-refractivity contribution >= 4 is 17.8 Å². The number of urea groups is 1. The first-order valence-corrected chi connectivity index (χ1v) is 8.31. The maximum Gasteiger partial charge on any atom is 0.440 e. The first-order valence-electron chi connectivity index (χ1n) is 8.31. The summed E-state index contributed by atoms with van der Waals surface area (Å²) in [5.74, 6) is -3.22. The van der Waals surface area contributed by atoms with Gasteiger partial charge in [0.15, 0.2) is 5.76 Å². The van der Waals surface area contributed by atoms with Gasteiger partial charge in [-0.3, -0.25) is 19.8 Å². The first kappa shape index (κ1) is 18.3. The number of imide groups is 1. The first-order chi connectivity index (χ1) is 12.2. The van der Waals surface area contributed by atoms with Gasteiger partial charge in [-0.2, -0.15) is 13.2 Å². The highest BCUT2D eigenvalue weighted by atomic mass is 19.4. The summed E-state index contributed by atoms with van der Waals surface area (Å²) in [6, 6.07) is 1.30. The third kappa shape index (κ3) is 3.15. The van der Waals surface area contributed by atoms with Gasteiger partial charge in [-0.1, -0.05) is 19.3 Å². The Kier molecular flexibility index (Phi) is 4.68. The zero-order valence-electron chi connectivity index (χ0n) is 13.8. The number of carbonyl (C=O) groups excluding carboxylic acids is 3. The highest BCUT2D eigenvalue weighted by molar-refractivity contribution is 6.10. The SMILES string of the molecule is O=C(N[C@]1(C(F)(F)F)NC(=O)N(CC2CCCCC2)C1=O)c1ccco1. The number of furan rings is 1. The van der Waals surface area contributed by atoms with Crippen molar-refractivity contribution in [2.24, 2.45) is 5.92 Å². The Morgan fingerprint density at radius 1 is 1.31 bits per heavy atom. The van der Waals surface area contributed by atoms with E-state index < -0.39 is 35.4 Å². The minimum Gasteiger partial charge on any atom is -0.459 e. The smallest absolute Gasteiger partial charge is 0.440 e. The van der Waals surface area contributed by atoms with Gasteiger partial charge in [0.2, 0.25) is 0 Å². The Morgan fingerprint density at radius 2 is 2.00 bits per heavy atom. The van der Waals surface area contributed by atoms with Gasteiger partial charge in [0, 0.05) is 6.54 Å². The number of hydrogen-bond acceptors (Lipinski definition) is 4. The molecule has 1 saturated heterocycles. The maximum absolute atomic E-state index is 13.7. The number of carbonyl (C=O) groups is 3. The lowest BCUT2D eigenvalue weighted by Crippen LogP contribution is -2.69. The summed E-state index contributed by atoms with van der Waals surface area (Å²) in [6.45, 7) is -0.0981. The zero-order chi connectivity index (χ0) is 18.9. The number of hydrogen-bond donors (Lipinski definition) is 2. The molecule has 142 valence electrons. The topological polar surface area (TPSA) is 91.7 Å². The van der Waals surface area contributed by atoms with Crippen LogP contribution in [0.1, 0.15) is 42.7 Å². The number of rotatable bonds is 4. The fraction of sp³-hybridized carbons (Fsp3) is 0.562. The van der Waals surface area contributed by atoms with Gasteiger partial charge in [0.05, 0.1) is 6.26 Å². The second kappa shape index (κ2) is 6.65. The maximum atomic E-state index is 13.7. The zero-order valence-corrected chi connectivity index (χ0v) is 13.8. The van der Waals surface area contributed by atoms with Crippen LogP contribution in [-0.4, -0.2) is 41.1 Å². The molecule has 7 nitrogen and oxygen atoms in total. The molecule has 1 aliphatic heterocycles. The van der Waals surface area contributed by atoms with Crippen LogP contribution >= 0.6 is 0 Å². The van der Waals surface area contributed by atoms with Gasteiger partial charge in [0.1, 0.15) is 0 Å². The summed E-state index contributed by atoms with van der Waals surface area (Å²) in [5, 5.41) is 3.23. The summed E-state index contributed by atoms with van der Waals surface area (Å²) in [4.78, 5) is 37.2. The molecular weight excluding hydrogens is 355 g/mol. The van der Waals surface area contributed by atoms with Gasteiger partial charge in [-0.15, -0.1) is 0 Å². The lowest BCUT2D eigenvalue weighted by molar-refractivity contribution is -0.200. The number of nitrogens with zero attached hydrogens (tertiary/aromatic N) is 1. The number of alkyl halides is 3. The minimum absolute atomic E-state index is 0.0386. The van der Waals surface area contributed by atoms with Crippen LogP contribution in [0.25, 0.3) is 0 Å². The van der Waals surface area contributed by atoms with Crippen molar-refractivity contribution in [3.05, 3.63) is 24.2 Å². The van der Waals surface area contributed by atoms with Crippen molar-refractivity contribution in [3.8, 4) is 0 Å². The van der Waals surface area contributed by atoms with Gasteiger partial charge >= 0.3 is 12.2 Å². The molecule has 10 heteroatoms. The van der Waals surface area contributed by atoms with E-state index in [2.05, 4.69) is 0 Å². The Balaban J connectivity index is 1.84. The van der Waals surface area contributed by atoms with Crippen molar-refractivity contribution in [2.75, 3.05) is 6.54 Å². The van der Waals surface area contributed by atoms with Crippen molar-refractivity contribution in [3.63, 3.8) is 0 Å². The Bertz CT molecular complexity index is 698. The second-order valence-electron chi connectivity index (χ2n) is 6.53. The molecule has 1 atom stereocenters. The molecule has 0 aromatic carbocycles. The normalized spacial score (nSPS) is 24.7. The van der Waals surface area contributed by atoms with E-state index in [1.807, 2.05) is 0 Å². The summed E-state index contributed by atoms with van der Waals surface area (Å²) in [7, 11) is 0. The molecule has 0 unspecified atom stereocenters. The van der Waals surface area contributed by atoms with Crippen molar-refractivity contribution in [2.45, 2.75) is 43.9 Å². The molecule has 3 rings (SSSR count). The van der Waals surface area contributed by atoms with Gasteiger partial charge in [-0.25, -0.2) is 4.79 Å². The summed E-state index contributed by atoms with van der Waals surface area (Å²) >= 11 is 0. The predicted molar refractivity (Wildman–Crippen MR) is 81.8 cm³/mol. The molecule has 2 heterocycles. The highest BCUT2D eigenvalue weighted by Crippen LogP contribution is 2.35. The fourth-order valence-corrected chi connectivity index (χ4v) is 3.36. The van der Waals surface area contributed by atoms with Crippen LogP contribution in [0.3, 0.4) is 0 Å². The molecule has 1 aromatic heterocycles. The largest absolute Gasteiger partial charge is 0.459 e. The molecule has 0 spiro atoms. The number of nitrogens with one attached hydrogen (secondary N) is 2. The predicted octanol–water partition coefficient (Wildman–Crippen LogP) is 2.40. The van der Waals surface area contributed by atoms with Crippen LogP contribution in [0.15, 0.2) is 22.8 Å². The van der Waals surface area contributed by atoms with Gasteiger partial charge < -0.3 is 9.73 Å². The molecule has 0 bridgehead atoms. The standard InChI is InChI=1S/C16H18F3N3O4/c17-16(18,19)15(20-12(23)11-7-4-8-26-11)13(24)22(14(25)21-15)9-10-5-2-1-3-6-10/h4,7-8,10H,1-3,5-6,9H2,(H,20,23)(H,21,25)/t15-/m0/s1. The molecule has 1 aromatic rings. The van der Waals surface area contributed by atoms with Gasteiger partial charge in [-0.05, 0) is 30.9 Å². The summed E-state index contributed by atoms with van der Waals surface area (Å²) in [6.07, 6.45) is 0.233. The second-order valence-corrected chi connectivity index (χ2v) is 6.53. The van der Waals surface area contributed by atoms with Crippen LogP contribution in [0, 0.1) is 5.92 Å². The Labute approximate surface area is 146 Å². The van der Waals surface area contributed by atoms with Crippen LogP contribution < -0.4 is 10.6 Å². The third-order valence-corrected chi connectivity index (χ3v) is 4.74. The van der Waals surface area contributed by atoms with E-state index in [4.69, 9.17) is 4.42 Å². The molecule has 26 heavy (non-hydrogen) atoms. The summed E-state index contributed by atoms with van der Waals surface area (Å²) < 4.78 is 45.8. The molecule has 1 saturated carbocycles. The highest BCUT2D eigenvalue weighted by Gasteiger charge is 2.69. The number of amides is 4. The van der Waals surface area contributed by atoms with Crippen LogP contribution in [0.4, 0.5) is 18.0 Å².